The van der Waals surface area contributed by atoms with E-state index in [1.165, 1.54) is 12.1 Å². The molecular weight excluding hydrogens is 355 g/mol. The Morgan fingerprint density at radius 1 is 1.14 bits per heavy atom. The van der Waals surface area contributed by atoms with E-state index in [1.54, 1.807) is 30.3 Å². The second kappa shape index (κ2) is 7.92. The third-order valence-corrected chi connectivity index (χ3v) is 5.23. The maximum atomic E-state index is 13.3. The minimum Gasteiger partial charge on any atom is -0.340 e. The van der Waals surface area contributed by atoms with Gasteiger partial charge in [0, 0.05) is 43.2 Å². The normalized spacial score (nSPS) is 13.2. The number of carbonyl (C=O) groups excluding carboxylic acids is 1. The van der Waals surface area contributed by atoms with Gasteiger partial charge in [0.25, 0.3) is 5.91 Å². The predicted molar refractivity (Wildman–Crippen MR) is 105 cm³/mol. The summed E-state index contributed by atoms with van der Waals surface area (Å²) >= 11 is 0. The monoisotopic (exact) mass is 378 g/mol. The van der Waals surface area contributed by atoms with Crippen molar-refractivity contribution in [1.29, 1.82) is 0 Å². The van der Waals surface area contributed by atoms with Gasteiger partial charge in [0.15, 0.2) is 5.69 Å². The fourth-order valence-corrected chi connectivity index (χ4v) is 3.68. The number of hydrogen-bond donors (Lipinski definition) is 0. The smallest absolute Gasteiger partial charge is 0.274 e. The van der Waals surface area contributed by atoms with Gasteiger partial charge < -0.3 is 4.90 Å². The molecule has 0 saturated heterocycles. The number of halogens is 1. The molecule has 1 aliphatic carbocycles. The Morgan fingerprint density at radius 2 is 1.93 bits per heavy atom. The van der Waals surface area contributed by atoms with Crippen LogP contribution in [0.4, 0.5) is 4.39 Å². The van der Waals surface area contributed by atoms with Crippen molar-refractivity contribution in [1.82, 2.24) is 19.7 Å². The van der Waals surface area contributed by atoms with Crippen molar-refractivity contribution in [2.45, 2.75) is 32.1 Å². The minimum atomic E-state index is -0.282. The van der Waals surface area contributed by atoms with Gasteiger partial charge in [-0.2, -0.15) is 5.10 Å². The van der Waals surface area contributed by atoms with Crippen molar-refractivity contribution >= 4 is 5.91 Å². The van der Waals surface area contributed by atoms with Crippen LogP contribution in [0.3, 0.4) is 0 Å². The van der Waals surface area contributed by atoms with Crippen LogP contribution < -0.4 is 0 Å². The highest BCUT2D eigenvalue weighted by molar-refractivity contribution is 5.94. The Kier molecular flexibility index (Phi) is 5.19. The fraction of sp³-hybridized carbons (Fsp3) is 0.318. The molecule has 0 bridgehead atoms. The quantitative estimate of drug-likeness (QED) is 0.682. The Hall–Kier alpha value is -3.02. The first-order valence-corrected chi connectivity index (χ1v) is 9.65. The first-order chi connectivity index (χ1) is 13.6. The highest BCUT2D eigenvalue weighted by Gasteiger charge is 2.27. The van der Waals surface area contributed by atoms with Crippen LogP contribution in [-0.4, -0.2) is 39.2 Å². The number of fused-ring (bicyclic) bond motifs is 1. The number of benzene rings is 1. The SMILES string of the molecule is CN(CCc1ccccn1)C(=O)c1nn(-c2ccc(F)cc2)c2c1CCCC2. The van der Waals surface area contributed by atoms with Crippen LogP contribution in [0.25, 0.3) is 5.69 Å². The summed E-state index contributed by atoms with van der Waals surface area (Å²) in [5, 5.41) is 4.66. The van der Waals surface area contributed by atoms with Gasteiger partial charge in [0.1, 0.15) is 5.82 Å². The molecule has 0 spiro atoms. The number of likely N-dealkylation sites (N-methyl/N-ethyl adjacent to an activating group) is 1. The molecule has 1 aromatic carbocycles. The van der Waals surface area contributed by atoms with Crippen molar-refractivity contribution < 1.29 is 9.18 Å². The number of nitrogens with zero attached hydrogens (tertiary/aromatic N) is 4. The first kappa shape index (κ1) is 18.3. The molecule has 6 heteroatoms. The lowest BCUT2D eigenvalue weighted by Crippen LogP contribution is -2.30. The van der Waals surface area contributed by atoms with Crippen molar-refractivity contribution in [3.63, 3.8) is 0 Å². The molecule has 4 rings (SSSR count). The van der Waals surface area contributed by atoms with Crippen LogP contribution in [0.1, 0.15) is 40.3 Å². The third kappa shape index (κ3) is 3.67. The first-order valence-electron chi connectivity index (χ1n) is 9.65. The topological polar surface area (TPSA) is 51.0 Å². The van der Waals surface area contributed by atoms with Gasteiger partial charge in [-0.3, -0.25) is 9.78 Å². The summed E-state index contributed by atoms with van der Waals surface area (Å²) in [6.07, 6.45) is 6.32. The number of amides is 1. The number of aromatic nitrogens is 3. The molecule has 28 heavy (non-hydrogen) atoms. The summed E-state index contributed by atoms with van der Waals surface area (Å²) in [5.41, 5.74) is 4.36. The van der Waals surface area contributed by atoms with E-state index in [0.717, 1.165) is 48.3 Å². The van der Waals surface area contributed by atoms with Crippen molar-refractivity contribution in [3.8, 4) is 5.69 Å². The van der Waals surface area contributed by atoms with E-state index in [0.29, 0.717) is 18.7 Å². The van der Waals surface area contributed by atoms with E-state index in [-0.39, 0.29) is 11.7 Å². The van der Waals surface area contributed by atoms with E-state index < -0.39 is 0 Å². The molecule has 5 nitrogen and oxygen atoms in total. The van der Waals surface area contributed by atoms with E-state index in [4.69, 9.17) is 0 Å². The third-order valence-electron chi connectivity index (χ3n) is 5.23. The summed E-state index contributed by atoms with van der Waals surface area (Å²) in [5.74, 6) is -0.356. The summed E-state index contributed by atoms with van der Waals surface area (Å²) in [6, 6.07) is 12.0. The van der Waals surface area contributed by atoms with Crippen LogP contribution in [0.5, 0.6) is 0 Å². The maximum absolute atomic E-state index is 13.3. The number of hydrogen-bond acceptors (Lipinski definition) is 3. The Balaban J connectivity index is 1.59. The average Bonchev–Trinajstić information content (AvgIpc) is 3.12. The molecular formula is C22H23FN4O. The molecule has 2 aromatic heterocycles. The molecule has 144 valence electrons. The Morgan fingerprint density at radius 3 is 2.68 bits per heavy atom. The molecule has 0 N–H and O–H groups in total. The molecule has 0 fully saturated rings. The lowest BCUT2D eigenvalue weighted by Gasteiger charge is -2.17. The molecule has 2 heterocycles. The second-order valence-corrected chi connectivity index (χ2v) is 7.17. The predicted octanol–water partition coefficient (Wildman–Crippen LogP) is 3.60. The molecule has 0 saturated carbocycles. The van der Waals surface area contributed by atoms with Gasteiger partial charge in [-0.1, -0.05) is 6.07 Å². The van der Waals surface area contributed by atoms with Gasteiger partial charge in [0.2, 0.25) is 0 Å². The molecule has 1 aliphatic rings. The molecule has 0 aliphatic heterocycles. The largest absolute Gasteiger partial charge is 0.340 e. The van der Waals surface area contributed by atoms with Crippen molar-refractivity contribution in [2.24, 2.45) is 0 Å². The summed E-state index contributed by atoms with van der Waals surface area (Å²) < 4.78 is 15.1. The molecule has 0 radical (unpaired) electrons. The van der Waals surface area contributed by atoms with Gasteiger partial charge in [-0.05, 0) is 62.1 Å². The zero-order valence-corrected chi connectivity index (χ0v) is 15.9. The highest BCUT2D eigenvalue weighted by Crippen LogP contribution is 2.27. The van der Waals surface area contributed by atoms with Gasteiger partial charge in [-0.25, -0.2) is 9.07 Å². The maximum Gasteiger partial charge on any atom is 0.274 e. The van der Waals surface area contributed by atoms with Crippen LogP contribution in [0, 0.1) is 5.82 Å². The Labute approximate surface area is 163 Å². The standard InChI is InChI=1S/C22H23FN4O/c1-26(15-13-17-6-4-5-14-24-17)22(28)21-19-7-2-3-8-20(19)27(25-21)18-11-9-16(23)10-12-18/h4-6,9-12,14H,2-3,7-8,13,15H2,1H3. The van der Waals surface area contributed by atoms with Crippen LogP contribution in [-0.2, 0) is 19.3 Å². The van der Waals surface area contributed by atoms with Gasteiger partial charge in [-0.15, -0.1) is 0 Å². The zero-order valence-electron chi connectivity index (χ0n) is 15.9. The number of rotatable bonds is 5. The summed E-state index contributed by atoms with van der Waals surface area (Å²) in [6.45, 7) is 0.577. The lowest BCUT2D eigenvalue weighted by molar-refractivity contribution is 0.0789. The molecule has 3 aromatic rings. The van der Waals surface area contributed by atoms with Crippen molar-refractivity contribution in [3.05, 3.63) is 77.1 Å². The minimum absolute atomic E-state index is 0.0741. The molecule has 0 atom stereocenters. The van der Waals surface area contributed by atoms with E-state index in [1.807, 2.05) is 22.9 Å². The van der Waals surface area contributed by atoms with E-state index in [2.05, 4.69) is 10.1 Å². The Bertz CT molecular complexity index is 966. The highest BCUT2D eigenvalue weighted by atomic mass is 19.1. The second-order valence-electron chi connectivity index (χ2n) is 7.17. The zero-order chi connectivity index (χ0) is 19.5. The van der Waals surface area contributed by atoms with E-state index in [9.17, 15) is 9.18 Å². The van der Waals surface area contributed by atoms with Crippen LogP contribution in [0.2, 0.25) is 0 Å². The van der Waals surface area contributed by atoms with Crippen LogP contribution in [0.15, 0.2) is 48.7 Å². The number of carbonyl (C=O) groups is 1. The van der Waals surface area contributed by atoms with Crippen LogP contribution >= 0.6 is 0 Å². The van der Waals surface area contributed by atoms with Crippen molar-refractivity contribution in [2.75, 3.05) is 13.6 Å². The fourth-order valence-electron chi connectivity index (χ4n) is 3.68. The summed E-state index contributed by atoms with van der Waals surface area (Å²) in [7, 11) is 1.80. The van der Waals surface area contributed by atoms with Gasteiger partial charge >= 0.3 is 0 Å². The number of pyridine rings is 1. The summed E-state index contributed by atoms with van der Waals surface area (Å²) in [4.78, 5) is 19.1. The van der Waals surface area contributed by atoms with E-state index >= 15 is 0 Å². The molecule has 1 amide bonds. The molecule has 0 unspecified atom stereocenters. The van der Waals surface area contributed by atoms with Gasteiger partial charge in [0.05, 0.1) is 5.69 Å². The lowest BCUT2D eigenvalue weighted by atomic mass is 9.95. The average molecular weight is 378 g/mol.